The fraction of sp³-hybridized carbons (Fsp3) is 0.467. The molecule has 1 aliphatic heterocycles. The number of ketones is 1. The highest BCUT2D eigenvalue weighted by Gasteiger charge is 2.26. The largest absolute Gasteiger partial charge is 0.496 e. The van der Waals surface area contributed by atoms with E-state index in [1.54, 1.807) is 12.1 Å². The van der Waals surface area contributed by atoms with Crippen molar-refractivity contribution in [1.82, 2.24) is 4.90 Å². The molecule has 1 aromatic carbocycles. The van der Waals surface area contributed by atoms with Crippen LogP contribution in [0.1, 0.15) is 23.2 Å². The van der Waals surface area contributed by atoms with Crippen LogP contribution in [0.3, 0.4) is 0 Å². The van der Waals surface area contributed by atoms with Gasteiger partial charge in [0.15, 0.2) is 17.3 Å². The molecule has 1 amide bonds. The van der Waals surface area contributed by atoms with Crippen molar-refractivity contribution in [3.63, 3.8) is 0 Å². The van der Waals surface area contributed by atoms with E-state index >= 15 is 0 Å². The number of piperidine rings is 1. The zero-order valence-corrected chi connectivity index (χ0v) is 12.5. The van der Waals surface area contributed by atoms with Crippen LogP contribution in [0.15, 0.2) is 12.1 Å². The molecule has 0 spiro atoms. The van der Waals surface area contributed by atoms with E-state index in [1.165, 1.54) is 26.2 Å². The predicted molar refractivity (Wildman–Crippen MR) is 76.2 cm³/mol. The molecule has 1 aromatic rings. The molecule has 0 aliphatic carbocycles. The minimum absolute atomic E-state index is 0.0778. The minimum atomic E-state index is -0.235. The van der Waals surface area contributed by atoms with Crippen LogP contribution in [-0.2, 0) is 4.79 Å². The molecule has 21 heavy (non-hydrogen) atoms. The van der Waals surface area contributed by atoms with Crippen LogP contribution in [0.4, 0.5) is 0 Å². The van der Waals surface area contributed by atoms with Crippen molar-refractivity contribution in [2.24, 2.45) is 0 Å². The lowest BCUT2D eigenvalue weighted by atomic mass is 10.1. The number of nitrogens with zero attached hydrogens (tertiary/aromatic N) is 1. The summed E-state index contributed by atoms with van der Waals surface area (Å²) in [6.07, 6.45) is 1.23. The fourth-order valence-electron chi connectivity index (χ4n) is 2.38. The van der Waals surface area contributed by atoms with Gasteiger partial charge < -0.3 is 19.1 Å². The number of benzene rings is 1. The van der Waals surface area contributed by atoms with Gasteiger partial charge in [0.1, 0.15) is 5.75 Å². The predicted octanol–water partition coefficient (Wildman–Crippen LogP) is 1.52. The van der Waals surface area contributed by atoms with E-state index in [0.29, 0.717) is 42.2 Å². The molecule has 0 atom stereocenters. The van der Waals surface area contributed by atoms with Crippen LogP contribution in [0, 0.1) is 0 Å². The molecule has 0 unspecified atom stereocenters. The Morgan fingerprint density at radius 3 is 2.24 bits per heavy atom. The number of Topliss-reactive ketones (excluding diaryl/α,β-unsaturated/α-hetero) is 1. The molecule has 2 rings (SSSR count). The third-order valence-electron chi connectivity index (χ3n) is 3.47. The maximum Gasteiger partial charge on any atom is 0.258 e. The van der Waals surface area contributed by atoms with Crippen molar-refractivity contribution >= 4 is 11.7 Å². The molecular formula is C15H19NO5. The molecule has 0 bridgehead atoms. The maximum absolute atomic E-state index is 12.6. The number of likely N-dealkylation sites (tertiary alicyclic amines) is 1. The van der Waals surface area contributed by atoms with Gasteiger partial charge in [-0.2, -0.15) is 0 Å². The average molecular weight is 293 g/mol. The molecule has 6 nitrogen and oxygen atoms in total. The van der Waals surface area contributed by atoms with Gasteiger partial charge in [-0.1, -0.05) is 0 Å². The van der Waals surface area contributed by atoms with Crippen molar-refractivity contribution < 1.29 is 23.8 Å². The van der Waals surface area contributed by atoms with Gasteiger partial charge in [-0.05, 0) is 6.42 Å². The first kappa shape index (κ1) is 15.2. The molecular weight excluding hydrogens is 274 g/mol. The number of carbonyl (C=O) groups excluding carboxylic acids is 2. The Balaban J connectivity index is 2.37. The maximum atomic E-state index is 12.6. The summed E-state index contributed by atoms with van der Waals surface area (Å²) in [5, 5.41) is 0. The number of hydrogen-bond acceptors (Lipinski definition) is 5. The van der Waals surface area contributed by atoms with Crippen LogP contribution in [-0.4, -0.2) is 51.0 Å². The Bertz CT molecular complexity index is 555. The highest BCUT2D eigenvalue weighted by Crippen LogP contribution is 2.35. The number of hydrogen-bond donors (Lipinski definition) is 0. The monoisotopic (exact) mass is 293 g/mol. The smallest absolute Gasteiger partial charge is 0.258 e. The van der Waals surface area contributed by atoms with Crippen molar-refractivity contribution in [3.05, 3.63) is 17.7 Å². The zero-order chi connectivity index (χ0) is 15.4. The molecule has 1 saturated heterocycles. The number of carbonyl (C=O) groups is 2. The fourth-order valence-corrected chi connectivity index (χ4v) is 2.38. The second-order valence-corrected chi connectivity index (χ2v) is 4.78. The summed E-state index contributed by atoms with van der Waals surface area (Å²) in [4.78, 5) is 25.6. The first-order valence-electron chi connectivity index (χ1n) is 6.71. The van der Waals surface area contributed by atoms with E-state index in [-0.39, 0.29) is 18.2 Å². The van der Waals surface area contributed by atoms with Gasteiger partial charge in [0.2, 0.25) is 0 Å². The van der Waals surface area contributed by atoms with Crippen molar-refractivity contribution in [3.8, 4) is 17.2 Å². The SMILES string of the molecule is COc1cc(OC)c(C(=O)N2CCCC(=O)C2)cc1OC. The van der Waals surface area contributed by atoms with Crippen LogP contribution in [0.5, 0.6) is 17.2 Å². The van der Waals surface area contributed by atoms with Crippen LogP contribution < -0.4 is 14.2 Å². The Labute approximate surface area is 123 Å². The molecule has 6 heteroatoms. The second-order valence-electron chi connectivity index (χ2n) is 4.78. The summed E-state index contributed by atoms with van der Waals surface area (Å²) in [6, 6.07) is 3.19. The average Bonchev–Trinajstić information content (AvgIpc) is 2.52. The summed E-state index contributed by atoms with van der Waals surface area (Å²) in [5.74, 6) is 1.18. The summed E-state index contributed by atoms with van der Waals surface area (Å²) < 4.78 is 15.7. The highest BCUT2D eigenvalue weighted by molar-refractivity contribution is 6.00. The first-order chi connectivity index (χ1) is 10.1. The van der Waals surface area contributed by atoms with Gasteiger partial charge in [-0.25, -0.2) is 0 Å². The lowest BCUT2D eigenvalue weighted by Crippen LogP contribution is -2.40. The second kappa shape index (κ2) is 6.47. The van der Waals surface area contributed by atoms with Crippen molar-refractivity contribution in [2.45, 2.75) is 12.8 Å². The van der Waals surface area contributed by atoms with Gasteiger partial charge in [-0.15, -0.1) is 0 Å². The summed E-state index contributed by atoms with van der Waals surface area (Å²) in [6.45, 7) is 0.721. The normalized spacial score (nSPS) is 14.8. The van der Waals surface area contributed by atoms with E-state index in [9.17, 15) is 9.59 Å². The summed E-state index contributed by atoms with van der Waals surface area (Å²) >= 11 is 0. The van der Waals surface area contributed by atoms with Crippen molar-refractivity contribution in [1.29, 1.82) is 0 Å². The van der Waals surface area contributed by atoms with Gasteiger partial charge in [0.25, 0.3) is 5.91 Å². The van der Waals surface area contributed by atoms with E-state index in [0.717, 1.165) is 0 Å². The quantitative estimate of drug-likeness (QED) is 0.842. The summed E-state index contributed by atoms with van der Waals surface area (Å²) in [7, 11) is 4.50. The lowest BCUT2D eigenvalue weighted by Gasteiger charge is -2.26. The van der Waals surface area contributed by atoms with Crippen molar-refractivity contribution in [2.75, 3.05) is 34.4 Å². The van der Waals surface area contributed by atoms with E-state index in [2.05, 4.69) is 0 Å². The van der Waals surface area contributed by atoms with Gasteiger partial charge in [0, 0.05) is 25.1 Å². The van der Waals surface area contributed by atoms with Crippen LogP contribution in [0.2, 0.25) is 0 Å². The number of rotatable bonds is 4. The third kappa shape index (κ3) is 3.09. The lowest BCUT2D eigenvalue weighted by molar-refractivity contribution is -0.121. The molecule has 0 aromatic heterocycles. The van der Waals surface area contributed by atoms with Gasteiger partial charge >= 0.3 is 0 Å². The molecule has 0 radical (unpaired) electrons. The van der Waals surface area contributed by atoms with E-state index in [1.807, 2.05) is 0 Å². The molecule has 0 N–H and O–H groups in total. The first-order valence-corrected chi connectivity index (χ1v) is 6.71. The standard InChI is InChI=1S/C15H19NO5/c1-19-12-8-14(21-3)13(20-2)7-11(12)15(18)16-6-4-5-10(17)9-16/h7-8H,4-6,9H2,1-3H3. The van der Waals surface area contributed by atoms with Crippen LogP contribution >= 0.6 is 0 Å². The zero-order valence-electron chi connectivity index (χ0n) is 12.5. The number of methoxy groups -OCH3 is 3. The highest BCUT2D eigenvalue weighted by atomic mass is 16.5. The number of amides is 1. The molecule has 1 heterocycles. The Morgan fingerprint density at radius 2 is 1.67 bits per heavy atom. The molecule has 1 fully saturated rings. The van der Waals surface area contributed by atoms with Gasteiger partial charge in [-0.3, -0.25) is 9.59 Å². The van der Waals surface area contributed by atoms with E-state index < -0.39 is 0 Å². The van der Waals surface area contributed by atoms with E-state index in [4.69, 9.17) is 14.2 Å². The molecule has 114 valence electrons. The Kier molecular flexibility index (Phi) is 4.67. The Morgan fingerprint density at radius 1 is 1.05 bits per heavy atom. The molecule has 0 saturated carbocycles. The Hall–Kier alpha value is -2.24. The number of ether oxygens (including phenoxy) is 3. The topological polar surface area (TPSA) is 65.1 Å². The summed E-state index contributed by atoms with van der Waals surface area (Å²) in [5.41, 5.74) is 0.366. The molecule has 1 aliphatic rings. The van der Waals surface area contributed by atoms with Crippen LogP contribution in [0.25, 0.3) is 0 Å². The third-order valence-corrected chi connectivity index (χ3v) is 3.47. The van der Waals surface area contributed by atoms with Gasteiger partial charge in [0.05, 0.1) is 33.4 Å². The minimum Gasteiger partial charge on any atom is -0.496 e.